The molecule has 0 saturated heterocycles. The molecule has 0 unspecified atom stereocenters. The van der Waals surface area contributed by atoms with Gasteiger partial charge in [0.25, 0.3) is 0 Å². The number of pyridine rings is 1. The number of rotatable bonds is 3. The Bertz CT molecular complexity index is 800. The lowest BCUT2D eigenvalue weighted by Crippen LogP contribution is -1.94. The van der Waals surface area contributed by atoms with Crippen LogP contribution in [0.1, 0.15) is 16.8 Å². The molecule has 0 atom stereocenters. The summed E-state index contributed by atoms with van der Waals surface area (Å²) < 4.78 is 0. The molecule has 0 fully saturated rings. The van der Waals surface area contributed by atoms with Crippen molar-refractivity contribution >= 4 is 11.6 Å². The maximum Gasteiger partial charge on any atom is 0.110 e. The van der Waals surface area contributed by atoms with Crippen molar-refractivity contribution in [2.75, 3.05) is 0 Å². The van der Waals surface area contributed by atoms with E-state index in [-0.39, 0.29) is 0 Å². The zero-order valence-electron chi connectivity index (χ0n) is 11.0. The van der Waals surface area contributed by atoms with Crippen molar-refractivity contribution in [3.8, 4) is 17.5 Å². The molecular formula is C16H11ClN4. The fourth-order valence-corrected chi connectivity index (χ4v) is 2.24. The van der Waals surface area contributed by atoms with Crippen molar-refractivity contribution in [3.63, 3.8) is 0 Å². The van der Waals surface area contributed by atoms with Crippen molar-refractivity contribution in [1.29, 1.82) is 5.26 Å². The third-order valence-corrected chi connectivity index (χ3v) is 3.40. The van der Waals surface area contributed by atoms with Gasteiger partial charge in [-0.05, 0) is 29.8 Å². The molecule has 0 aliphatic rings. The Morgan fingerprint density at radius 3 is 2.71 bits per heavy atom. The highest BCUT2D eigenvalue weighted by Gasteiger charge is 2.11. The van der Waals surface area contributed by atoms with Gasteiger partial charge in [-0.2, -0.15) is 5.26 Å². The standard InChI is InChI=1S/C16H11ClN4/c17-13-3-1-11(2-4-13)7-15-16(21-10-20-15)14-8-12(9-18)5-6-19-14/h1-6,8,10H,7H2,(H,20,21). The van der Waals surface area contributed by atoms with Gasteiger partial charge in [0.1, 0.15) is 5.69 Å². The molecule has 0 radical (unpaired) electrons. The van der Waals surface area contributed by atoms with Crippen LogP contribution < -0.4 is 0 Å². The lowest BCUT2D eigenvalue weighted by atomic mass is 10.1. The number of nitrogens with one attached hydrogen (secondary N) is 1. The monoisotopic (exact) mass is 294 g/mol. The second kappa shape index (κ2) is 5.78. The minimum atomic E-state index is 0.570. The molecule has 5 heteroatoms. The topological polar surface area (TPSA) is 65.4 Å². The average molecular weight is 295 g/mol. The van der Waals surface area contributed by atoms with E-state index in [1.165, 1.54) is 0 Å². The first-order valence-corrected chi connectivity index (χ1v) is 6.77. The Morgan fingerprint density at radius 1 is 1.14 bits per heavy atom. The van der Waals surface area contributed by atoms with Crippen molar-refractivity contribution in [2.45, 2.75) is 6.42 Å². The normalized spacial score (nSPS) is 10.3. The molecule has 4 nitrogen and oxygen atoms in total. The summed E-state index contributed by atoms with van der Waals surface area (Å²) in [7, 11) is 0. The largest absolute Gasteiger partial charge is 0.348 e. The maximum absolute atomic E-state index is 8.97. The smallest absolute Gasteiger partial charge is 0.110 e. The molecule has 2 heterocycles. The highest BCUT2D eigenvalue weighted by Crippen LogP contribution is 2.22. The second-order valence-electron chi connectivity index (χ2n) is 4.57. The number of H-pyrrole nitrogens is 1. The highest BCUT2D eigenvalue weighted by molar-refractivity contribution is 6.30. The van der Waals surface area contributed by atoms with Gasteiger partial charge in [-0.1, -0.05) is 23.7 Å². The van der Waals surface area contributed by atoms with Crippen molar-refractivity contribution in [2.24, 2.45) is 0 Å². The summed E-state index contributed by atoms with van der Waals surface area (Å²) in [6.45, 7) is 0. The lowest BCUT2D eigenvalue weighted by Gasteiger charge is -2.03. The summed E-state index contributed by atoms with van der Waals surface area (Å²) >= 11 is 5.89. The second-order valence-corrected chi connectivity index (χ2v) is 5.01. The number of benzene rings is 1. The third-order valence-electron chi connectivity index (χ3n) is 3.14. The zero-order chi connectivity index (χ0) is 14.7. The lowest BCUT2D eigenvalue weighted by molar-refractivity contribution is 1.10. The molecule has 2 aromatic heterocycles. The Morgan fingerprint density at radius 2 is 1.95 bits per heavy atom. The van der Waals surface area contributed by atoms with Crippen molar-refractivity contribution in [3.05, 3.63) is 70.8 Å². The molecule has 0 bridgehead atoms. The van der Waals surface area contributed by atoms with Gasteiger partial charge in [0, 0.05) is 23.3 Å². The first-order chi connectivity index (χ1) is 10.3. The zero-order valence-corrected chi connectivity index (χ0v) is 11.8. The predicted octanol–water partition coefficient (Wildman–Crippen LogP) is 3.59. The van der Waals surface area contributed by atoms with Crippen LogP contribution in [0.15, 0.2) is 48.9 Å². The first kappa shape index (κ1) is 13.3. The van der Waals surface area contributed by atoms with Crippen LogP contribution in [0, 0.1) is 11.3 Å². The van der Waals surface area contributed by atoms with Crippen LogP contribution in [0.4, 0.5) is 0 Å². The number of halogens is 1. The Labute approximate surface area is 127 Å². The van der Waals surface area contributed by atoms with Gasteiger partial charge in [0.2, 0.25) is 0 Å². The molecule has 3 aromatic rings. The van der Waals surface area contributed by atoms with Crippen LogP contribution >= 0.6 is 11.6 Å². The van der Waals surface area contributed by atoms with Crippen molar-refractivity contribution in [1.82, 2.24) is 15.0 Å². The van der Waals surface area contributed by atoms with Gasteiger partial charge in [-0.15, -0.1) is 0 Å². The van der Waals surface area contributed by atoms with E-state index in [1.54, 1.807) is 24.7 Å². The average Bonchev–Trinajstić information content (AvgIpc) is 2.98. The number of imidazole rings is 1. The number of aromatic nitrogens is 3. The van der Waals surface area contributed by atoms with E-state index in [0.717, 1.165) is 17.0 Å². The van der Waals surface area contributed by atoms with Gasteiger partial charge >= 0.3 is 0 Å². The number of nitriles is 1. The quantitative estimate of drug-likeness (QED) is 0.803. The number of aromatic amines is 1. The summed E-state index contributed by atoms with van der Waals surface area (Å²) in [5.74, 6) is 0. The van der Waals surface area contributed by atoms with Gasteiger partial charge in [-0.25, -0.2) is 4.98 Å². The van der Waals surface area contributed by atoms with Gasteiger partial charge < -0.3 is 4.98 Å². The minimum Gasteiger partial charge on any atom is -0.348 e. The molecule has 1 aromatic carbocycles. The molecule has 102 valence electrons. The van der Waals surface area contributed by atoms with E-state index in [1.807, 2.05) is 24.3 Å². The predicted molar refractivity (Wildman–Crippen MR) is 80.8 cm³/mol. The molecule has 0 aliphatic carbocycles. The van der Waals surface area contributed by atoms with Crippen LogP contribution in [0.3, 0.4) is 0 Å². The molecule has 0 saturated carbocycles. The van der Waals surface area contributed by atoms with Gasteiger partial charge in [0.15, 0.2) is 0 Å². The Kier molecular flexibility index (Phi) is 3.67. The fraction of sp³-hybridized carbons (Fsp3) is 0.0625. The number of hydrogen-bond acceptors (Lipinski definition) is 3. The van der Waals surface area contributed by atoms with Crippen LogP contribution in [0.2, 0.25) is 5.02 Å². The highest BCUT2D eigenvalue weighted by atomic mass is 35.5. The summed E-state index contributed by atoms with van der Waals surface area (Å²) in [4.78, 5) is 11.8. The van der Waals surface area contributed by atoms with Crippen LogP contribution in [0.25, 0.3) is 11.4 Å². The van der Waals surface area contributed by atoms with E-state index in [4.69, 9.17) is 16.9 Å². The molecule has 0 spiro atoms. The first-order valence-electron chi connectivity index (χ1n) is 6.39. The minimum absolute atomic E-state index is 0.570. The molecule has 0 aliphatic heterocycles. The summed E-state index contributed by atoms with van der Waals surface area (Å²) in [5, 5.41) is 9.69. The Balaban J connectivity index is 1.93. The molecule has 1 N–H and O–H groups in total. The summed E-state index contributed by atoms with van der Waals surface area (Å²) in [6.07, 6.45) is 3.96. The molecule has 3 rings (SSSR count). The maximum atomic E-state index is 8.97. The van der Waals surface area contributed by atoms with E-state index < -0.39 is 0 Å². The molecule has 0 amide bonds. The summed E-state index contributed by atoms with van der Waals surface area (Å²) in [6, 6.07) is 13.2. The van der Waals surface area contributed by atoms with E-state index in [9.17, 15) is 0 Å². The van der Waals surface area contributed by atoms with Crippen LogP contribution in [-0.4, -0.2) is 15.0 Å². The van der Waals surface area contributed by atoms with E-state index in [0.29, 0.717) is 22.7 Å². The number of hydrogen-bond donors (Lipinski definition) is 1. The Hall–Kier alpha value is -2.64. The molecular weight excluding hydrogens is 284 g/mol. The van der Waals surface area contributed by atoms with Crippen LogP contribution in [-0.2, 0) is 6.42 Å². The van der Waals surface area contributed by atoms with E-state index in [2.05, 4.69) is 21.0 Å². The SMILES string of the molecule is N#Cc1ccnc(-c2nc[nH]c2Cc2ccc(Cl)cc2)c1. The van der Waals surface area contributed by atoms with Gasteiger partial charge in [-0.3, -0.25) is 4.98 Å². The molecule has 21 heavy (non-hydrogen) atoms. The number of nitrogens with zero attached hydrogens (tertiary/aromatic N) is 3. The van der Waals surface area contributed by atoms with Crippen LogP contribution in [0.5, 0.6) is 0 Å². The van der Waals surface area contributed by atoms with Gasteiger partial charge in [0.05, 0.1) is 23.7 Å². The van der Waals surface area contributed by atoms with Crippen molar-refractivity contribution < 1.29 is 0 Å². The third kappa shape index (κ3) is 2.93. The summed E-state index contributed by atoms with van der Waals surface area (Å²) in [5.41, 5.74) is 4.11. The fourth-order valence-electron chi connectivity index (χ4n) is 2.11. The van der Waals surface area contributed by atoms with E-state index >= 15 is 0 Å².